The van der Waals surface area contributed by atoms with E-state index < -0.39 is 10.0 Å². The lowest BCUT2D eigenvalue weighted by Gasteiger charge is -2.24. The smallest absolute Gasteiger partial charge is 0.323 e. The number of ether oxygens (including phenoxy) is 1. The van der Waals surface area contributed by atoms with Crippen molar-refractivity contribution in [1.29, 1.82) is 0 Å². The van der Waals surface area contributed by atoms with Crippen LogP contribution in [0.15, 0.2) is 45.4 Å². The molecule has 0 amide bonds. The summed E-state index contributed by atoms with van der Waals surface area (Å²) in [5.41, 5.74) is 0.700. The number of hydrogen-bond donors (Lipinski definition) is 2. The van der Waals surface area contributed by atoms with Crippen LogP contribution in [0.2, 0.25) is 0 Å². The van der Waals surface area contributed by atoms with Crippen molar-refractivity contribution in [2.24, 2.45) is 0 Å². The molecule has 4 rings (SSSR count). The molecule has 1 atom stereocenters. The van der Waals surface area contributed by atoms with Gasteiger partial charge in [0.05, 0.1) is 22.0 Å². The van der Waals surface area contributed by atoms with Gasteiger partial charge in [0.1, 0.15) is 0 Å². The normalized spacial score (nSPS) is 18.1. The second kappa shape index (κ2) is 6.99. The first-order valence-corrected chi connectivity index (χ1v) is 10.7. The molecule has 1 saturated heterocycles. The molecule has 7 nitrogen and oxygen atoms in total. The Labute approximate surface area is 154 Å². The molecular weight excluding hydrogens is 374 g/mol. The topological polar surface area (TPSA) is 95.3 Å². The third-order valence-corrected chi connectivity index (χ3v) is 7.14. The molecule has 1 aromatic carbocycles. The molecular formula is C17H19N3O4S2. The highest BCUT2D eigenvalue weighted by Gasteiger charge is 2.29. The van der Waals surface area contributed by atoms with E-state index in [1.165, 1.54) is 27.8 Å². The second-order valence-corrected chi connectivity index (χ2v) is 9.27. The molecule has 138 valence electrons. The minimum Gasteiger partial charge on any atom is -0.377 e. The SMILES string of the molecule is O=c1[nH]c2ccc(S(=O)(=O)N(Cc3cccs3)C[C@@H]3CCCO3)cc2[nH]1. The van der Waals surface area contributed by atoms with E-state index in [1.807, 2.05) is 17.5 Å². The number of aromatic amines is 2. The van der Waals surface area contributed by atoms with Crippen molar-refractivity contribution in [3.63, 3.8) is 0 Å². The Morgan fingerprint density at radius 3 is 2.81 bits per heavy atom. The van der Waals surface area contributed by atoms with Gasteiger partial charge in [0.2, 0.25) is 10.0 Å². The Kier molecular flexibility index (Phi) is 4.70. The lowest BCUT2D eigenvalue weighted by molar-refractivity contribution is 0.0927. The summed E-state index contributed by atoms with van der Waals surface area (Å²) < 4.78 is 33.7. The molecule has 1 aliphatic heterocycles. The van der Waals surface area contributed by atoms with Crippen molar-refractivity contribution in [3.8, 4) is 0 Å². The van der Waals surface area contributed by atoms with Gasteiger partial charge in [0.15, 0.2) is 0 Å². The molecule has 3 heterocycles. The highest BCUT2D eigenvalue weighted by molar-refractivity contribution is 7.89. The van der Waals surface area contributed by atoms with Crippen LogP contribution in [0.1, 0.15) is 17.7 Å². The van der Waals surface area contributed by atoms with Crippen LogP contribution < -0.4 is 5.69 Å². The fourth-order valence-electron chi connectivity index (χ4n) is 3.16. The van der Waals surface area contributed by atoms with Crippen molar-refractivity contribution >= 4 is 32.4 Å². The number of fused-ring (bicyclic) bond motifs is 1. The number of H-pyrrole nitrogens is 2. The number of thiophene rings is 1. The Bertz CT molecular complexity index is 1050. The number of rotatable bonds is 6. The third-order valence-electron chi connectivity index (χ3n) is 4.47. The van der Waals surface area contributed by atoms with Crippen molar-refractivity contribution in [1.82, 2.24) is 14.3 Å². The fourth-order valence-corrected chi connectivity index (χ4v) is 5.44. The largest absolute Gasteiger partial charge is 0.377 e. The lowest BCUT2D eigenvalue weighted by atomic mass is 10.2. The van der Waals surface area contributed by atoms with Gasteiger partial charge >= 0.3 is 5.69 Å². The molecule has 26 heavy (non-hydrogen) atoms. The third kappa shape index (κ3) is 3.48. The number of nitrogens with one attached hydrogen (secondary N) is 2. The van der Waals surface area contributed by atoms with E-state index in [0.29, 0.717) is 30.7 Å². The highest BCUT2D eigenvalue weighted by atomic mass is 32.2. The van der Waals surface area contributed by atoms with Gasteiger partial charge in [-0.3, -0.25) is 0 Å². The summed E-state index contributed by atoms with van der Waals surface area (Å²) in [5, 5.41) is 1.93. The first-order valence-electron chi connectivity index (χ1n) is 8.38. The van der Waals surface area contributed by atoms with E-state index >= 15 is 0 Å². The Hall–Kier alpha value is -1.94. The molecule has 0 saturated carbocycles. The summed E-state index contributed by atoms with van der Waals surface area (Å²) in [5.74, 6) is 0. The molecule has 0 aliphatic carbocycles. The van der Waals surface area contributed by atoms with Gasteiger partial charge in [0, 0.05) is 24.6 Å². The molecule has 2 aromatic heterocycles. The molecule has 1 aliphatic rings. The van der Waals surface area contributed by atoms with Crippen LogP contribution in [-0.2, 0) is 21.3 Å². The highest BCUT2D eigenvalue weighted by Crippen LogP contribution is 2.25. The fraction of sp³-hybridized carbons (Fsp3) is 0.353. The van der Waals surface area contributed by atoms with Crippen molar-refractivity contribution in [2.45, 2.75) is 30.4 Å². The Morgan fingerprint density at radius 2 is 2.08 bits per heavy atom. The van der Waals surface area contributed by atoms with E-state index in [1.54, 1.807) is 6.07 Å². The van der Waals surface area contributed by atoms with Crippen molar-refractivity contribution < 1.29 is 13.2 Å². The van der Waals surface area contributed by atoms with Crippen LogP contribution in [0.5, 0.6) is 0 Å². The van der Waals surface area contributed by atoms with Crippen LogP contribution >= 0.6 is 11.3 Å². The van der Waals surface area contributed by atoms with Crippen LogP contribution in [0.3, 0.4) is 0 Å². The van der Waals surface area contributed by atoms with E-state index in [0.717, 1.165) is 17.7 Å². The van der Waals surface area contributed by atoms with Gasteiger partial charge in [-0.05, 0) is 42.5 Å². The van der Waals surface area contributed by atoms with Crippen LogP contribution in [0.25, 0.3) is 11.0 Å². The molecule has 9 heteroatoms. The predicted octanol–water partition coefficient (Wildman–Crippen LogP) is 2.29. The first-order chi connectivity index (χ1) is 12.5. The summed E-state index contributed by atoms with van der Waals surface area (Å²) in [4.78, 5) is 17.8. The second-order valence-electron chi connectivity index (χ2n) is 6.30. The minimum absolute atomic E-state index is 0.0828. The molecule has 1 fully saturated rings. The van der Waals surface area contributed by atoms with Crippen molar-refractivity contribution in [3.05, 3.63) is 51.1 Å². The Balaban J connectivity index is 1.69. The zero-order chi connectivity index (χ0) is 18.1. The van der Waals surface area contributed by atoms with E-state index in [2.05, 4.69) is 9.97 Å². The average Bonchev–Trinajstić information content (AvgIpc) is 3.34. The van der Waals surface area contributed by atoms with E-state index in [-0.39, 0.29) is 16.7 Å². The molecule has 0 unspecified atom stereocenters. The van der Waals surface area contributed by atoms with E-state index in [9.17, 15) is 13.2 Å². The quantitative estimate of drug-likeness (QED) is 0.672. The zero-order valence-corrected chi connectivity index (χ0v) is 15.6. The summed E-state index contributed by atoms with van der Waals surface area (Å²) >= 11 is 1.53. The number of benzene rings is 1. The number of hydrogen-bond acceptors (Lipinski definition) is 5. The summed E-state index contributed by atoms with van der Waals surface area (Å²) in [7, 11) is -3.72. The summed E-state index contributed by atoms with van der Waals surface area (Å²) in [6, 6.07) is 8.47. The van der Waals surface area contributed by atoms with Gasteiger partial charge in [-0.25, -0.2) is 13.2 Å². The van der Waals surface area contributed by atoms with Gasteiger partial charge in [-0.2, -0.15) is 4.31 Å². The maximum absolute atomic E-state index is 13.3. The molecule has 0 spiro atoms. The predicted molar refractivity (Wildman–Crippen MR) is 99.8 cm³/mol. The monoisotopic (exact) mass is 393 g/mol. The molecule has 0 radical (unpaired) electrons. The minimum atomic E-state index is -3.72. The number of sulfonamides is 1. The standard InChI is InChI=1S/C17H19N3O4S2/c21-17-18-15-6-5-14(9-16(15)19-17)26(22,23)20(10-12-3-1-7-24-12)11-13-4-2-8-25-13/h2,4-6,8-9,12H,1,3,7,10-11H2,(H2,18,19,21)/t12-/m0/s1. The van der Waals surface area contributed by atoms with E-state index in [4.69, 9.17) is 4.74 Å². The van der Waals surface area contributed by atoms with Crippen LogP contribution in [-0.4, -0.2) is 41.9 Å². The van der Waals surface area contributed by atoms with Gasteiger partial charge in [0.25, 0.3) is 0 Å². The van der Waals surface area contributed by atoms with Crippen LogP contribution in [0, 0.1) is 0 Å². The maximum Gasteiger partial charge on any atom is 0.323 e. The molecule has 2 N–H and O–H groups in total. The molecule has 3 aromatic rings. The summed E-state index contributed by atoms with van der Waals surface area (Å²) in [6.45, 7) is 1.30. The number of imidazole rings is 1. The van der Waals surface area contributed by atoms with Gasteiger partial charge in [-0.15, -0.1) is 11.3 Å². The number of nitrogens with zero attached hydrogens (tertiary/aromatic N) is 1. The summed E-state index contributed by atoms with van der Waals surface area (Å²) in [6.07, 6.45) is 1.73. The average molecular weight is 393 g/mol. The Morgan fingerprint density at radius 1 is 1.23 bits per heavy atom. The maximum atomic E-state index is 13.3. The first kappa shape index (κ1) is 17.5. The van der Waals surface area contributed by atoms with Crippen LogP contribution in [0.4, 0.5) is 0 Å². The molecule has 0 bridgehead atoms. The van der Waals surface area contributed by atoms with Gasteiger partial charge in [-0.1, -0.05) is 6.07 Å². The van der Waals surface area contributed by atoms with Gasteiger partial charge < -0.3 is 14.7 Å². The number of aromatic nitrogens is 2. The zero-order valence-electron chi connectivity index (χ0n) is 14.0. The van der Waals surface area contributed by atoms with Crippen molar-refractivity contribution in [2.75, 3.05) is 13.2 Å². The lowest BCUT2D eigenvalue weighted by Crippen LogP contribution is -2.36.